The summed E-state index contributed by atoms with van der Waals surface area (Å²) in [6.07, 6.45) is 2.05. The summed E-state index contributed by atoms with van der Waals surface area (Å²) in [6.45, 7) is 4.12. The third-order valence-corrected chi connectivity index (χ3v) is 5.47. The smallest absolute Gasteiger partial charge is 0.269 e. The summed E-state index contributed by atoms with van der Waals surface area (Å²) in [4.78, 5) is 12.8. The fourth-order valence-corrected chi connectivity index (χ4v) is 4.04. The lowest BCUT2D eigenvalue weighted by Gasteiger charge is -2.39. The van der Waals surface area contributed by atoms with Gasteiger partial charge in [-0.2, -0.15) is 0 Å². The highest BCUT2D eigenvalue weighted by atomic mass is 32.1. The molecule has 154 valence electrons. The molecule has 0 unspecified atom stereocenters. The summed E-state index contributed by atoms with van der Waals surface area (Å²) in [6, 6.07) is 18.3. The quantitative estimate of drug-likeness (QED) is 0.368. The molecule has 1 aromatic heterocycles. The number of hydrogen-bond donors (Lipinski definition) is 1. The molecule has 1 aliphatic rings. The van der Waals surface area contributed by atoms with Crippen molar-refractivity contribution >= 4 is 28.7 Å². The van der Waals surface area contributed by atoms with Gasteiger partial charge in [-0.25, -0.2) is 0 Å². The molecule has 0 spiro atoms. The van der Waals surface area contributed by atoms with Crippen LogP contribution in [-0.2, 0) is 6.54 Å². The zero-order valence-corrected chi connectivity index (χ0v) is 17.3. The highest BCUT2D eigenvalue weighted by molar-refractivity contribution is 7.80. The van der Waals surface area contributed by atoms with Crippen molar-refractivity contribution in [3.05, 3.63) is 88.2 Å². The van der Waals surface area contributed by atoms with E-state index < -0.39 is 0 Å². The lowest BCUT2D eigenvalue weighted by Crippen LogP contribution is -2.44. The van der Waals surface area contributed by atoms with Crippen LogP contribution in [0.2, 0.25) is 0 Å². The normalized spacial score (nSPS) is 15.4. The number of nitrogens with one attached hydrogen (secondary N) is 1. The second kappa shape index (κ2) is 8.54. The minimum absolute atomic E-state index is 0.0755. The fraction of sp³-hybridized carbons (Fsp3) is 0.227. The monoisotopic (exact) mass is 422 g/mol. The maximum atomic E-state index is 11.0. The summed E-state index contributed by atoms with van der Waals surface area (Å²) < 4.78 is 7.69. The SMILES string of the molecule is CCOc1ccc(NC(=S)N2CCn3cccc3[C@@H]2c2ccc([N+](=O)[O-])cc2)cc1. The second-order valence-corrected chi connectivity index (χ2v) is 7.35. The van der Waals surface area contributed by atoms with E-state index in [-0.39, 0.29) is 16.7 Å². The Bertz CT molecular complexity index is 1050. The molecular weight excluding hydrogens is 400 g/mol. The molecular formula is C22H22N4O3S. The van der Waals surface area contributed by atoms with Crippen LogP contribution in [0.3, 0.4) is 0 Å². The van der Waals surface area contributed by atoms with Crippen LogP contribution in [0.15, 0.2) is 66.9 Å². The highest BCUT2D eigenvalue weighted by Gasteiger charge is 2.30. The van der Waals surface area contributed by atoms with E-state index >= 15 is 0 Å². The van der Waals surface area contributed by atoms with Crippen LogP contribution in [0.25, 0.3) is 0 Å². The summed E-state index contributed by atoms with van der Waals surface area (Å²) in [7, 11) is 0. The summed E-state index contributed by atoms with van der Waals surface area (Å²) >= 11 is 5.75. The van der Waals surface area contributed by atoms with Crippen LogP contribution in [-0.4, -0.2) is 32.7 Å². The van der Waals surface area contributed by atoms with E-state index in [0.29, 0.717) is 11.7 Å². The van der Waals surface area contributed by atoms with Gasteiger partial charge in [0.05, 0.1) is 17.6 Å². The van der Waals surface area contributed by atoms with E-state index in [9.17, 15) is 10.1 Å². The number of anilines is 1. The van der Waals surface area contributed by atoms with Crippen molar-refractivity contribution in [3.8, 4) is 5.75 Å². The number of nitro benzene ring substituents is 1. The Kier molecular flexibility index (Phi) is 5.67. The van der Waals surface area contributed by atoms with Crippen molar-refractivity contribution in [1.29, 1.82) is 0 Å². The van der Waals surface area contributed by atoms with Crippen LogP contribution < -0.4 is 10.1 Å². The van der Waals surface area contributed by atoms with Crippen LogP contribution >= 0.6 is 12.2 Å². The van der Waals surface area contributed by atoms with Gasteiger partial charge in [-0.1, -0.05) is 0 Å². The topological polar surface area (TPSA) is 72.6 Å². The summed E-state index contributed by atoms with van der Waals surface area (Å²) in [5.74, 6) is 0.813. The molecule has 0 saturated carbocycles. The molecule has 7 nitrogen and oxygen atoms in total. The summed E-state index contributed by atoms with van der Waals surface area (Å²) in [5, 5.41) is 15.0. The minimum Gasteiger partial charge on any atom is -0.494 e. The molecule has 1 N–H and O–H groups in total. The van der Waals surface area contributed by atoms with Gasteiger partial charge in [-0.3, -0.25) is 10.1 Å². The first-order chi connectivity index (χ1) is 14.6. The van der Waals surface area contributed by atoms with Gasteiger partial charge in [0.2, 0.25) is 0 Å². The molecule has 2 heterocycles. The number of rotatable bonds is 5. The Balaban J connectivity index is 1.60. The van der Waals surface area contributed by atoms with E-state index in [0.717, 1.165) is 35.8 Å². The molecule has 30 heavy (non-hydrogen) atoms. The number of thiocarbonyl (C=S) groups is 1. The van der Waals surface area contributed by atoms with Gasteiger partial charge >= 0.3 is 0 Å². The zero-order valence-electron chi connectivity index (χ0n) is 16.5. The third kappa shape index (κ3) is 3.99. The molecule has 1 atom stereocenters. The fourth-order valence-electron chi connectivity index (χ4n) is 3.73. The van der Waals surface area contributed by atoms with E-state index in [2.05, 4.69) is 20.9 Å². The van der Waals surface area contributed by atoms with Crippen molar-refractivity contribution in [2.45, 2.75) is 19.5 Å². The molecule has 0 amide bonds. The maximum Gasteiger partial charge on any atom is 0.269 e. The number of benzene rings is 2. The van der Waals surface area contributed by atoms with Gasteiger partial charge in [-0.15, -0.1) is 0 Å². The predicted molar refractivity (Wildman–Crippen MR) is 120 cm³/mol. The Labute approximate surface area is 180 Å². The molecule has 3 aromatic rings. The number of nitrogens with zero attached hydrogens (tertiary/aromatic N) is 3. The molecule has 4 rings (SSSR count). The zero-order chi connectivity index (χ0) is 21.1. The van der Waals surface area contributed by atoms with Crippen LogP contribution in [0.5, 0.6) is 5.75 Å². The average Bonchev–Trinajstić information content (AvgIpc) is 3.23. The first-order valence-electron chi connectivity index (χ1n) is 9.76. The molecule has 1 aliphatic heterocycles. The number of ether oxygens (including phenoxy) is 1. The number of nitro groups is 1. The largest absolute Gasteiger partial charge is 0.494 e. The lowest BCUT2D eigenvalue weighted by molar-refractivity contribution is -0.384. The number of hydrogen-bond acceptors (Lipinski definition) is 4. The van der Waals surface area contributed by atoms with Crippen molar-refractivity contribution in [2.24, 2.45) is 0 Å². The third-order valence-electron chi connectivity index (χ3n) is 5.14. The Hall–Kier alpha value is -3.39. The van der Waals surface area contributed by atoms with Crippen molar-refractivity contribution < 1.29 is 9.66 Å². The molecule has 0 fully saturated rings. The standard InChI is InChI=1S/C22H22N4O3S/c1-2-29-19-11-7-17(8-12-19)23-22(30)25-15-14-24-13-3-4-20(24)21(25)16-5-9-18(10-6-16)26(27)28/h3-13,21H,2,14-15H2,1H3,(H,23,30)/t21-/m0/s1. The van der Waals surface area contributed by atoms with Crippen LogP contribution in [0.1, 0.15) is 24.2 Å². The van der Waals surface area contributed by atoms with Gasteiger partial charge in [0.15, 0.2) is 5.11 Å². The first-order valence-corrected chi connectivity index (χ1v) is 10.2. The molecule has 0 bridgehead atoms. The van der Waals surface area contributed by atoms with Crippen molar-refractivity contribution in [3.63, 3.8) is 0 Å². The van der Waals surface area contributed by atoms with E-state index in [1.54, 1.807) is 24.3 Å². The second-order valence-electron chi connectivity index (χ2n) is 6.96. The Morgan fingerprint density at radius 3 is 2.57 bits per heavy atom. The maximum absolute atomic E-state index is 11.0. The van der Waals surface area contributed by atoms with Gasteiger partial charge in [0.25, 0.3) is 5.69 Å². The average molecular weight is 423 g/mol. The van der Waals surface area contributed by atoms with Crippen LogP contribution in [0, 0.1) is 10.1 Å². The lowest BCUT2D eigenvalue weighted by atomic mass is 10.00. The Morgan fingerprint density at radius 2 is 1.90 bits per heavy atom. The van der Waals surface area contributed by atoms with E-state index in [1.165, 1.54) is 0 Å². The minimum atomic E-state index is -0.386. The Morgan fingerprint density at radius 1 is 1.17 bits per heavy atom. The molecule has 0 saturated heterocycles. The molecule has 0 radical (unpaired) electrons. The van der Waals surface area contributed by atoms with Crippen molar-refractivity contribution in [2.75, 3.05) is 18.5 Å². The van der Waals surface area contributed by atoms with Gasteiger partial charge in [0.1, 0.15) is 5.75 Å². The number of non-ortho nitro benzene ring substituents is 1. The highest BCUT2D eigenvalue weighted by Crippen LogP contribution is 2.34. The van der Waals surface area contributed by atoms with E-state index in [4.69, 9.17) is 17.0 Å². The first kappa shape index (κ1) is 19.9. The van der Waals surface area contributed by atoms with Gasteiger partial charge in [-0.05, 0) is 73.2 Å². The predicted octanol–water partition coefficient (Wildman–Crippen LogP) is 4.60. The van der Waals surface area contributed by atoms with Gasteiger partial charge < -0.3 is 19.5 Å². The molecule has 0 aliphatic carbocycles. The van der Waals surface area contributed by atoms with E-state index in [1.807, 2.05) is 43.5 Å². The van der Waals surface area contributed by atoms with Crippen molar-refractivity contribution in [1.82, 2.24) is 9.47 Å². The molecule has 2 aromatic carbocycles. The number of fused-ring (bicyclic) bond motifs is 1. The summed E-state index contributed by atoms with van der Waals surface area (Å²) in [5.41, 5.74) is 3.01. The van der Waals surface area contributed by atoms with Crippen LogP contribution in [0.4, 0.5) is 11.4 Å². The van der Waals surface area contributed by atoms with Gasteiger partial charge in [0, 0.05) is 42.8 Å². The molecule has 8 heteroatoms. The number of aromatic nitrogens is 1.